The van der Waals surface area contributed by atoms with Gasteiger partial charge >= 0.3 is 6.09 Å². The SMILES string of the molecule is CC(C)(C)OC(=O)n1c(CN(CCc2ncc[nH]2)C2CCCc3cccnc32)nc2ccccc21. The number of benzene rings is 1. The molecule has 1 aliphatic carbocycles. The number of aromatic amines is 1. The van der Waals surface area contributed by atoms with Crippen molar-refractivity contribution in [1.82, 2.24) is 29.4 Å². The maximum atomic E-state index is 13.3. The van der Waals surface area contributed by atoms with Crippen LogP contribution in [0.3, 0.4) is 0 Å². The first-order valence-electron chi connectivity index (χ1n) is 12.2. The van der Waals surface area contributed by atoms with Crippen LogP contribution in [-0.2, 0) is 24.1 Å². The second-order valence-corrected chi connectivity index (χ2v) is 10.0. The Hall–Kier alpha value is -3.52. The van der Waals surface area contributed by atoms with E-state index in [-0.39, 0.29) is 6.04 Å². The molecular formula is C27H32N6O2. The number of imidazole rings is 2. The highest BCUT2D eigenvalue weighted by Gasteiger charge is 2.30. The van der Waals surface area contributed by atoms with Crippen LogP contribution in [0.4, 0.5) is 4.79 Å². The number of ether oxygens (including phenoxy) is 1. The minimum Gasteiger partial charge on any atom is -0.443 e. The van der Waals surface area contributed by atoms with E-state index in [4.69, 9.17) is 14.7 Å². The first-order valence-corrected chi connectivity index (χ1v) is 12.2. The van der Waals surface area contributed by atoms with Gasteiger partial charge in [-0.3, -0.25) is 9.88 Å². The average Bonchev–Trinajstić information content (AvgIpc) is 3.48. The van der Waals surface area contributed by atoms with Crippen molar-refractivity contribution in [2.24, 2.45) is 0 Å². The maximum absolute atomic E-state index is 13.3. The fourth-order valence-corrected chi connectivity index (χ4v) is 4.84. The highest BCUT2D eigenvalue weighted by molar-refractivity contribution is 5.87. The Bertz CT molecular complexity index is 1300. The van der Waals surface area contributed by atoms with Crippen LogP contribution in [0.1, 0.15) is 62.6 Å². The quantitative estimate of drug-likeness (QED) is 0.422. The third-order valence-electron chi connectivity index (χ3n) is 6.35. The van der Waals surface area contributed by atoms with Crippen molar-refractivity contribution in [2.45, 2.75) is 64.6 Å². The first kappa shape index (κ1) is 23.2. The van der Waals surface area contributed by atoms with Crippen molar-refractivity contribution in [3.63, 3.8) is 0 Å². The van der Waals surface area contributed by atoms with Gasteiger partial charge in [0.05, 0.1) is 29.3 Å². The molecule has 1 aromatic carbocycles. The van der Waals surface area contributed by atoms with E-state index in [0.717, 1.165) is 54.8 Å². The lowest BCUT2D eigenvalue weighted by Crippen LogP contribution is -2.35. The summed E-state index contributed by atoms with van der Waals surface area (Å²) in [6.07, 6.45) is 9.00. The normalized spacial score (nSPS) is 15.9. The van der Waals surface area contributed by atoms with Crippen molar-refractivity contribution < 1.29 is 9.53 Å². The van der Waals surface area contributed by atoms with Gasteiger partial charge in [-0.25, -0.2) is 19.3 Å². The molecular weight excluding hydrogens is 440 g/mol. The van der Waals surface area contributed by atoms with Crippen molar-refractivity contribution in [3.8, 4) is 0 Å². The topological polar surface area (TPSA) is 88.9 Å². The van der Waals surface area contributed by atoms with Gasteiger partial charge in [-0.2, -0.15) is 0 Å². The van der Waals surface area contributed by atoms with Crippen molar-refractivity contribution >= 4 is 17.1 Å². The van der Waals surface area contributed by atoms with Gasteiger partial charge in [0, 0.05) is 31.6 Å². The molecule has 0 saturated carbocycles. The van der Waals surface area contributed by atoms with Crippen LogP contribution >= 0.6 is 0 Å². The zero-order valence-corrected chi connectivity index (χ0v) is 20.6. The predicted octanol–water partition coefficient (Wildman–Crippen LogP) is 5.06. The molecule has 35 heavy (non-hydrogen) atoms. The van der Waals surface area contributed by atoms with E-state index in [0.29, 0.717) is 12.4 Å². The molecule has 182 valence electrons. The van der Waals surface area contributed by atoms with E-state index in [1.54, 1.807) is 10.8 Å². The maximum Gasteiger partial charge on any atom is 0.420 e. The Labute approximate surface area is 205 Å². The summed E-state index contributed by atoms with van der Waals surface area (Å²) in [6.45, 7) is 6.89. The number of rotatable bonds is 6. The summed E-state index contributed by atoms with van der Waals surface area (Å²) in [7, 11) is 0. The number of aryl methyl sites for hydroxylation is 1. The number of nitrogens with one attached hydrogen (secondary N) is 1. The Morgan fingerprint density at radius 3 is 2.83 bits per heavy atom. The molecule has 1 unspecified atom stereocenters. The second kappa shape index (κ2) is 9.62. The second-order valence-electron chi connectivity index (χ2n) is 10.0. The number of H-pyrrole nitrogens is 1. The number of carbonyl (C=O) groups is 1. The molecule has 1 aliphatic rings. The van der Waals surface area contributed by atoms with E-state index in [1.807, 2.05) is 63.5 Å². The molecule has 0 aliphatic heterocycles. The third kappa shape index (κ3) is 5.12. The first-order chi connectivity index (χ1) is 16.9. The van der Waals surface area contributed by atoms with Crippen LogP contribution in [0.15, 0.2) is 55.0 Å². The molecule has 3 aromatic heterocycles. The summed E-state index contributed by atoms with van der Waals surface area (Å²) in [5, 5.41) is 0. The molecule has 0 amide bonds. The van der Waals surface area contributed by atoms with E-state index < -0.39 is 11.7 Å². The van der Waals surface area contributed by atoms with Crippen LogP contribution in [0.5, 0.6) is 0 Å². The smallest absolute Gasteiger partial charge is 0.420 e. The van der Waals surface area contributed by atoms with Gasteiger partial charge in [0.1, 0.15) is 17.2 Å². The van der Waals surface area contributed by atoms with E-state index in [1.165, 1.54) is 5.56 Å². The Morgan fingerprint density at radius 2 is 2.03 bits per heavy atom. The third-order valence-corrected chi connectivity index (χ3v) is 6.35. The van der Waals surface area contributed by atoms with Gasteiger partial charge < -0.3 is 9.72 Å². The highest BCUT2D eigenvalue weighted by atomic mass is 16.6. The molecule has 0 bridgehead atoms. The lowest BCUT2D eigenvalue weighted by molar-refractivity contribution is 0.0531. The number of aromatic nitrogens is 5. The fraction of sp³-hybridized carbons (Fsp3) is 0.407. The summed E-state index contributed by atoms with van der Waals surface area (Å²) in [5.41, 5.74) is 3.35. The van der Waals surface area contributed by atoms with Crippen LogP contribution in [-0.4, -0.2) is 47.6 Å². The number of hydrogen-bond donors (Lipinski definition) is 1. The zero-order chi connectivity index (χ0) is 24.4. The summed E-state index contributed by atoms with van der Waals surface area (Å²) in [6, 6.07) is 12.0. The molecule has 1 N–H and O–H groups in total. The Morgan fingerprint density at radius 1 is 1.17 bits per heavy atom. The largest absolute Gasteiger partial charge is 0.443 e. The zero-order valence-electron chi connectivity index (χ0n) is 20.6. The predicted molar refractivity (Wildman–Crippen MR) is 134 cm³/mol. The van der Waals surface area contributed by atoms with Crippen LogP contribution in [0.2, 0.25) is 0 Å². The lowest BCUT2D eigenvalue weighted by atomic mass is 9.90. The number of para-hydroxylation sites is 2. The molecule has 5 rings (SSSR count). The number of hydrogen-bond acceptors (Lipinski definition) is 6. The lowest BCUT2D eigenvalue weighted by Gasteiger charge is -2.34. The fourth-order valence-electron chi connectivity index (χ4n) is 4.84. The molecule has 8 heteroatoms. The molecule has 0 spiro atoms. The number of fused-ring (bicyclic) bond motifs is 2. The van der Waals surface area contributed by atoms with Gasteiger partial charge in [-0.15, -0.1) is 0 Å². The summed E-state index contributed by atoms with van der Waals surface area (Å²) < 4.78 is 7.40. The van der Waals surface area contributed by atoms with E-state index in [9.17, 15) is 4.79 Å². The van der Waals surface area contributed by atoms with Gasteiger partial charge in [0.2, 0.25) is 0 Å². The van der Waals surface area contributed by atoms with Crippen molar-refractivity contribution in [3.05, 3.63) is 77.9 Å². The van der Waals surface area contributed by atoms with E-state index >= 15 is 0 Å². The van der Waals surface area contributed by atoms with Gasteiger partial charge in [0.25, 0.3) is 0 Å². The van der Waals surface area contributed by atoms with Crippen molar-refractivity contribution in [1.29, 1.82) is 0 Å². The summed E-state index contributed by atoms with van der Waals surface area (Å²) >= 11 is 0. The molecule has 0 fully saturated rings. The standard InChI is InChI=1S/C27H32N6O2/c1-27(2,3)35-26(34)33-21-11-5-4-10-20(21)31-24(33)18-32(17-13-23-28-15-16-29-23)22-12-6-8-19-9-7-14-30-25(19)22/h4-5,7,9-11,14-16,22H,6,8,12-13,17-18H2,1-3H3,(H,28,29). The van der Waals surface area contributed by atoms with Crippen LogP contribution in [0.25, 0.3) is 11.0 Å². The number of carbonyl (C=O) groups excluding carboxylic acids is 1. The monoisotopic (exact) mass is 472 g/mol. The molecule has 8 nitrogen and oxygen atoms in total. The highest BCUT2D eigenvalue weighted by Crippen LogP contribution is 2.34. The molecule has 0 radical (unpaired) electrons. The average molecular weight is 473 g/mol. The minimum absolute atomic E-state index is 0.141. The van der Waals surface area contributed by atoms with Gasteiger partial charge in [0.15, 0.2) is 0 Å². The number of pyridine rings is 1. The minimum atomic E-state index is -0.606. The molecule has 4 aromatic rings. The van der Waals surface area contributed by atoms with Crippen LogP contribution in [0, 0.1) is 0 Å². The van der Waals surface area contributed by atoms with E-state index in [2.05, 4.69) is 20.9 Å². The summed E-state index contributed by atoms with van der Waals surface area (Å²) in [5.74, 6) is 1.61. The Kier molecular flexibility index (Phi) is 6.38. The molecule has 0 saturated heterocycles. The molecule has 1 atom stereocenters. The van der Waals surface area contributed by atoms with Crippen molar-refractivity contribution in [2.75, 3.05) is 6.54 Å². The van der Waals surface area contributed by atoms with Crippen LogP contribution < -0.4 is 0 Å². The summed E-state index contributed by atoms with van der Waals surface area (Å²) in [4.78, 5) is 33.0. The Balaban J connectivity index is 1.52. The van der Waals surface area contributed by atoms with Gasteiger partial charge in [-0.1, -0.05) is 18.2 Å². The number of nitrogens with zero attached hydrogens (tertiary/aromatic N) is 5. The molecule has 3 heterocycles. The van der Waals surface area contributed by atoms with Gasteiger partial charge in [-0.05, 0) is 63.8 Å².